The second-order valence-electron chi connectivity index (χ2n) is 7.52. The number of nitrogens with zero attached hydrogens (tertiary/aromatic N) is 3. The minimum absolute atomic E-state index is 0.00386. The second kappa shape index (κ2) is 8.78. The highest BCUT2D eigenvalue weighted by Crippen LogP contribution is 2.36. The van der Waals surface area contributed by atoms with Crippen molar-refractivity contribution in [2.75, 3.05) is 5.75 Å². The number of thioether (sulfide) groups is 1. The summed E-state index contributed by atoms with van der Waals surface area (Å²) >= 11 is 1.84. The van der Waals surface area contributed by atoms with Gasteiger partial charge in [-0.2, -0.15) is 5.10 Å². The molecule has 0 radical (unpaired) electrons. The third-order valence-corrected chi connectivity index (χ3v) is 6.52. The monoisotopic (exact) mass is 426 g/mol. The van der Waals surface area contributed by atoms with E-state index >= 15 is 0 Å². The predicted octanol–water partition coefficient (Wildman–Crippen LogP) is 4.96. The molecule has 5 nitrogen and oxygen atoms in total. The van der Waals surface area contributed by atoms with Crippen molar-refractivity contribution in [2.24, 2.45) is 0 Å². The van der Waals surface area contributed by atoms with Crippen molar-refractivity contribution in [3.05, 3.63) is 102 Å². The van der Waals surface area contributed by atoms with E-state index in [1.165, 1.54) is 10.5 Å². The van der Waals surface area contributed by atoms with Gasteiger partial charge in [-0.05, 0) is 35.7 Å². The number of aromatic nitrogens is 3. The third kappa shape index (κ3) is 4.25. The Bertz CT molecular complexity index is 1190. The minimum atomic E-state index is -0.107. The van der Waals surface area contributed by atoms with Crippen LogP contribution in [0.15, 0.2) is 90.2 Å². The summed E-state index contributed by atoms with van der Waals surface area (Å²) in [4.78, 5) is 18.8. The fourth-order valence-corrected chi connectivity index (χ4v) is 5.01. The molecule has 31 heavy (non-hydrogen) atoms. The maximum atomic E-state index is 13.4. The zero-order valence-electron chi connectivity index (χ0n) is 16.9. The predicted molar refractivity (Wildman–Crippen MR) is 123 cm³/mol. The molecule has 0 fully saturated rings. The van der Waals surface area contributed by atoms with Crippen LogP contribution in [0.1, 0.15) is 33.9 Å². The third-order valence-electron chi connectivity index (χ3n) is 5.39. The summed E-state index contributed by atoms with van der Waals surface area (Å²) in [5, 5.41) is 8.00. The van der Waals surface area contributed by atoms with Gasteiger partial charge in [0.25, 0.3) is 5.91 Å². The number of hydrogen-bond donors (Lipinski definition) is 1. The second-order valence-corrected chi connectivity index (χ2v) is 8.65. The number of carbonyl (C=O) groups excluding carboxylic acids is 1. The molecule has 6 heteroatoms. The molecule has 1 aliphatic heterocycles. The first-order valence-electron chi connectivity index (χ1n) is 10.3. The number of fused-ring (bicyclic) bond motifs is 1. The van der Waals surface area contributed by atoms with Crippen molar-refractivity contribution in [3.63, 3.8) is 0 Å². The van der Waals surface area contributed by atoms with E-state index < -0.39 is 0 Å². The summed E-state index contributed by atoms with van der Waals surface area (Å²) in [6.07, 6.45) is 6.22. The quantitative estimate of drug-likeness (QED) is 0.490. The largest absolute Gasteiger partial charge is 0.345 e. The van der Waals surface area contributed by atoms with E-state index in [0.717, 1.165) is 23.3 Å². The van der Waals surface area contributed by atoms with Crippen LogP contribution in [0.25, 0.3) is 11.3 Å². The van der Waals surface area contributed by atoms with Crippen molar-refractivity contribution in [3.8, 4) is 11.3 Å². The van der Waals surface area contributed by atoms with Gasteiger partial charge in [-0.3, -0.25) is 14.5 Å². The zero-order chi connectivity index (χ0) is 21.0. The van der Waals surface area contributed by atoms with Gasteiger partial charge in [0.2, 0.25) is 0 Å². The van der Waals surface area contributed by atoms with Crippen LogP contribution in [0.2, 0.25) is 0 Å². The number of pyridine rings is 1. The first-order valence-corrected chi connectivity index (χ1v) is 11.3. The Balaban J connectivity index is 1.47. The Labute approximate surface area is 185 Å². The molecule has 0 unspecified atom stereocenters. The molecule has 2 aromatic carbocycles. The molecule has 154 valence electrons. The van der Waals surface area contributed by atoms with E-state index in [1.807, 2.05) is 65.1 Å². The van der Waals surface area contributed by atoms with E-state index in [4.69, 9.17) is 5.10 Å². The summed E-state index contributed by atoms with van der Waals surface area (Å²) < 4.78 is 1.83. The van der Waals surface area contributed by atoms with Crippen LogP contribution < -0.4 is 5.32 Å². The molecule has 1 atom stereocenters. The lowest BCUT2D eigenvalue weighted by molar-refractivity contribution is 0.0935. The maximum Gasteiger partial charge on any atom is 0.255 e. The normalized spacial score (nSPS) is 15.3. The summed E-state index contributed by atoms with van der Waals surface area (Å²) in [5.74, 6) is 0.884. The van der Waals surface area contributed by atoms with Gasteiger partial charge in [0.1, 0.15) is 5.69 Å². The summed E-state index contributed by atoms with van der Waals surface area (Å²) in [6, 6.07) is 22.2. The molecule has 0 spiro atoms. The standard InChI is InChI=1S/C25H22N4OS/c30-25(27-22-12-14-31-23-11-5-4-10-20(22)23)21-17-29(16-18-7-2-1-3-8-18)28-24(21)19-9-6-13-26-15-19/h1-11,13,15,17,22H,12,14,16H2,(H,27,30)/t22-/m0/s1. The molecule has 0 saturated heterocycles. The molecule has 1 aliphatic rings. The Morgan fingerprint density at radius 3 is 2.74 bits per heavy atom. The Hall–Kier alpha value is -3.38. The highest BCUT2D eigenvalue weighted by Gasteiger charge is 2.25. The molecule has 5 rings (SSSR count). The Morgan fingerprint density at radius 1 is 1.06 bits per heavy atom. The van der Waals surface area contributed by atoms with Crippen LogP contribution in [0.4, 0.5) is 0 Å². The van der Waals surface area contributed by atoms with Crippen LogP contribution in [0, 0.1) is 0 Å². The average molecular weight is 427 g/mol. The Morgan fingerprint density at radius 2 is 1.90 bits per heavy atom. The minimum Gasteiger partial charge on any atom is -0.345 e. The maximum absolute atomic E-state index is 13.4. The number of hydrogen-bond acceptors (Lipinski definition) is 4. The first-order chi connectivity index (χ1) is 15.3. The number of amides is 1. The molecule has 4 aromatic rings. The molecule has 0 aliphatic carbocycles. The van der Waals surface area contributed by atoms with Crippen molar-refractivity contribution in [1.82, 2.24) is 20.1 Å². The number of rotatable bonds is 5. The van der Waals surface area contributed by atoms with Crippen molar-refractivity contribution in [2.45, 2.75) is 23.9 Å². The van der Waals surface area contributed by atoms with Crippen molar-refractivity contribution < 1.29 is 4.79 Å². The SMILES string of the molecule is O=C(N[C@H]1CCSc2ccccc21)c1cn(Cc2ccccc2)nc1-c1cccnc1. The smallest absolute Gasteiger partial charge is 0.255 e. The van der Waals surface area contributed by atoms with Gasteiger partial charge in [0, 0.05) is 34.8 Å². The van der Waals surface area contributed by atoms with Gasteiger partial charge < -0.3 is 5.32 Å². The van der Waals surface area contributed by atoms with Gasteiger partial charge in [-0.1, -0.05) is 48.5 Å². The van der Waals surface area contributed by atoms with Gasteiger partial charge in [-0.15, -0.1) is 11.8 Å². The molecule has 2 aromatic heterocycles. The molecule has 1 amide bonds. The molecular weight excluding hydrogens is 404 g/mol. The molecular formula is C25H22N4OS. The lowest BCUT2D eigenvalue weighted by Gasteiger charge is -2.25. The van der Waals surface area contributed by atoms with Crippen LogP contribution in [0.5, 0.6) is 0 Å². The number of nitrogens with one attached hydrogen (secondary N) is 1. The van der Waals surface area contributed by atoms with E-state index in [0.29, 0.717) is 17.8 Å². The molecule has 3 heterocycles. The summed E-state index contributed by atoms with van der Waals surface area (Å²) in [7, 11) is 0. The Kier molecular flexibility index (Phi) is 5.54. The van der Waals surface area contributed by atoms with Crippen molar-refractivity contribution in [1.29, 1.82) is 0 Å². The molecule has 0 bridgehead atoms. The lowest BCUT2D eigenvalue weighted by atomic mass is 10.0. The van der Waals surface area contributed by atoms with Crippen LogP contribution in [0.3, 0.4) is 0 Å². The lowest BCUT2D eigenvalue weighted by Crippen LogP contribution is -2.30. The van der Waals surface area contributed by atoms with Crippen LogP contribution in [-0.2, 0) is 6.54 Å². The van der Waals surface area contributed by atoms with E-state index in [-0.39, 0.29) is 11.9 Å². The summed E-state index contributed by atoms with van der Waals surface area (Å²) in [6.45, 7) is 0.601. The van der Waals surface area contributed by atoms with Crippen LogP contribution >= 0.6 is 11.8 Å². The highest BCUT2D eigenvalue weighted by molar-refractivity contribution is 7.99. The molecule has 1 N–H and O–H groups in total. The van der Waals surface area contributed by atoms with Crippen LogP contribution in [-0.4, -0.2) is 26.4 Å². The first kappa shape index (κ1) is 19.6. The zero-order valence-corrected chi connectivity index (χ0v) is 17.8. The van der Waals surface area contributed by atoms with E-state index in [9.17, 15) is 4.79 Å². The van der Waals surface area contributed by atoms with E-state index in [1.54, 1.807) is 12.4 Å². The van der Waals surface area contributed by atoms with Gasteiger partial charge >= 0.3 is 0 Å². The molecule has 0 saturated carbocycles. The van der Waals surface area contributed by atoms with Gasteiger partial charge in [0.05, 0.1) is 18.2 Å². The van der Waals surface area contributed by atoms with E-state index in [2.05, 4.69) is 34.6 Å². The number of carbonyl (C=O) groups is 1. The topological polar surface area (TPSA) is 59.8 Å². The average Bonchev–Trinajstić information content (AvgIpc) is 3.24. The fourth-order valence-electron chi connectivity index (χ4n) is 3.88. The van der Waals surface area contributed by atoms with Gasteiger partial charge in [-0.25, -0.2) is 0 Å². The number of benzene rings is 2. The van der Waals surface area contributed by atoms with Crippen molar-refractivity contribution >= 4 is 17.7 Å². The van der Waals surface area contributed by atoms with Gasteiger partial charge in [0.15, 0.2) is 0 Å². The fraction of sp³-hybridized carbons (Fsp3) is 0.160. The highest BCUT2D eigenvalue weighted by atomic mass is 32.2. The summed E-state index contributed by atoms with van der Waals surface area (Å²) in [5.41, 5.74) is 4.37.